The van der Waals surface area contributed by atoms with Gasteiger partial charge in [0.2, 0.25) is 0 Å². The second-order valence-electron chi connectivity index (χ2n) is 24.0. The molecule has 19 nitrogen and oxygen atoms in total. The molecule has 72 heavy (non-hydrogen) atoms. The van der Waals surface area contributed by atoms with Crippen LogP contribution in [0.4, 0.5) is 0 Å². The van der Waals surface area contributed by atoms with Gasteiger partial charge in [-0.2, -0.15) is 0 Å². The number of fused-ring (bicyclic) bond motifs is 7. The largest absolute Gasteiger partial charge is 0.479 e. The second-order valence-corrected chi connectivity index (χ2v) is 24.0. The maximum Gasteiger partial charge on any atom is 0.335 e. The van der Waals surface area contributed by atoms with E-state index in [0.29, 0.717) is 50.5 Å². The van der Waals surface area contributed by atoms with Crippen LogP contribution in [0.3, 0.4) is 0 Å². The predicted molar refractivity (Wildman–Crippen MR) is 254 cm³/mol. The van der Waals surface area contributed by atoms with Gasteiger partial charge < -0.3 is 74.0 Å². The molecule has 0 radical (unpaired) electrons. The molecular formula is C53H82O19. The molecule has 7 rings (SSSR count). The van der Waals surface area contributed by atoms with Crippen molar-refractivity contribution in [1.29, 1.82) is 0 Å². The molecule has 2 saturated heterocycles. The minimum atomic E-state index is -1.97. The number of carbonyl (C=O) groups is 4. The molecule has 2 aliphatic heterocycles. The number of carboxylic acids is 1. The lowest BCUT2D eigenvalue weighted by atomic mass is 9.33. The molecule has 4 saturated carbocycles. The van der Waals surface area contributed by atoms with Crippen molar-refractivity contribution in [3.8, 4) is 0 Å². The number of aliphatic hydroxyl groups excluding tert-OH is 7. The van der Waals surface area contributed by atoms with E-state index in [1.807, 2.05) is 27.7 Å². The van der Waals surface area contributed by atoms with Crippen molar-refractivity contribution in [2.75, 3.05) is 19.8 Å². The van der Waals surface area contributed by atoms with Gasteiger partial charge in [-0.05, 0) is 99.2 Å². The standard InChI is InChI=1S/C53H82O19/c1-12-25(3)44(64)71-41-42(72-45(65)26(4)13-2)53(24-55)29(20-48(41,6)7)28-14-15-32-49(8)18-17-33(50(9,23-54)31(49)16-19-51(32,10)52(28,11)21-34(53)67-27(5)56)68-47-38(61)39(37(60)40(70-47)43(62)63)69-46-36(59)35(58)30(57)22-66-46/h12,14,26,29-42,46-47,54-55,57-61H,13,15-24H2,1-11H3,(H,62,63)/t26-,29+,30+,31-,32-,33+,34-,35+,36-,37+,38-,39+,40+,41+,42+,46+,47-,49+,50+,51-,52-,53+/m1/s1. The number of ether oxygens (including phenoxy) is 7. The Balaban J connectivity index is 1.24. The maximum absolute atomic E-state index is 14.0. The summed E-state index contributed by atoms with van der Waals surface area (Å²) in [6, 6.07) is 0. The third-order valence-corrected chi connectivity index (χ3v) is 19.8. The number of hydrogen-bond acceptors (Lipinski definition) is 18. The van der Waals surface area contributed by atoms with Crippen LogP contribution in [-0.2, 0) is 52.3 Å². The summed E-state index contributed by atoms with van der Waals surface area (Å²) in [6.45, 7) is 19.6. The first-order valence-electron chi connectivity index (χ1n) is 25.9. The van der Waals surface area contributed by atoms with Crippen LogP contribution in [0.5, 0.6) is 0 Å². The highest BCUT2D eigenvalue weighted by molar-refractivity contribution is 5.88. The zero-order valence-corrected chi connectivity index (χ0v) is 43.8. The van der Waals surface area contributed by atoms with Crippen molar-refractivity contribution < 1.29 is 93.2 Å². The Morgan fingerprint density at radius 2 is 1.49 bits per heavy atom. The number of aliphatic hydroxyl groups is 7. The van der Waals surface area contributed by atoms with Crippen molar-refractivity contribution >= 4 is 23.9 Å². The fraction of sp³-hybridized carbons (Fsp3) is 0.849. The summed E-state index contributed by atoms with van der Waals surface area (Å²) in [6.07, 6.45) is -12.0. The first kappa shape index (κ1) is 56.6. The van der Waals surface area contributed by atoms with Crippen molar-refractivity contribution in [2.45, 2.75) is 207 Å². The molecule has 0 aromatic carbocycles. The monoisotopic (exact) mass is 1020 g/mol. The minimum Gasteiger partial charge on any atom is -0.479 e. The van der Waals surface area contributed by atoms with E-state index in [9.17, 15) is 60.0 Å². The summed E-state index contributed by atoms with van der Waals surface area (Å²) >= 11 is 0. The highest BCUT2D eigenvalue weighted by atomic mass is 16.7. The van der Waals surface area contributed by atoms with Gasteiger partial charge >= 0.3 is 23.9 Å². The van der Waals surface area contributed by atoms with Crippen LogP contribution in [0.25, 0.3) is 0 Å². The summed E-state index contributed by atoms with van der Waals surface area (Å²) in [5.74, 6) is -4.47. The normalized spacial score (nSPS) is 47.2. The highest BCUT2D eigenvalue weighted by Crippen LogP contribution is 2.76. The SMILES string of the molecule is CC=C(C)C(=O)O[C@H]1[C@H](OC(=O)[C@H](C)CC)[C@]2(CO)[C@H](OC(C)=O)C[C@]3(C)C(=CC[C@@H]4[C@@]5(C)CC[C@H](O[C@@H]6O[C@H](C(=O)O)[C@@H](O)[C@H](O[C@@H]7OC[C@H](O)[C@H](O)[C@H]7O)[C@H]6O)[C@@](C)(CO)[C@@H]5CC[C@]43C)[C@@H]2CC1(C)C. The maximum atomic E-state index is 14.0. The molecule has 7 aliphatic rings. The van der Waals surface area contributed by atoms with Gasteiger partial charge in [0.1, 0.15) is 48.8 Å². The summed E-state index contributed by atoms with van der Waals surface area (Å²) in [5, 5.41) is 87.3. The summed E-state index contributed by atoms with van der Waals surface area (Å²) in [7, 11) is 0. The molecule has 408 valence electrons. The molecule has 19 heteroatoms. The average molecular weight is 1020 g/mol. The molecule has 8 N–H and O–H groups in total. The van der Waals surface area contributed by atoms with E-state index < -0.39 is 161 Å². The molecule has 6 fully saturated rings. The first-order valence-corrected chi connectivity index (χ1v) is 25.9. The molecule has 0 bridgehead atoms. The molecule has 0 aromatic heterocycles. The van der Waals surface area contributed by atoms with Crippen LogP contribution in [0, 0.1) is 56.2 Å². The van der Waals surface area contributed by atoms with Gasteiger partial charge in [-0.1, -0.05) is 73.1 Å². The second kappa shape index (κ2) is 20.5. The average Bonchev–Trinajstić information content (AvgIpc) is 3.32. The predicted octanol–water partition coefficient (Wildman–Crippen LogP) is 3.09. The smallest absolute Gasteiger partial charge is 0.335 e. The van der Waals surface area contributed by atoms with Crippen LogP contribution in [-0.4, -0.2) is 164 Å². The highest BCUT2D eigenvalue weighted by Gasteiger charge is 2.75. The van der Waals surface area contributed by atoms with Crippen molar-refractivity contribution in [3.63, 3.8) is 0 Å². The third-order valence-electron chi connectivity index (χ3n) is 19.8. The molecule has 22 atom stereocenters. The Morgan fingerprint density at radius 1 is 0.806 bits per heavy atom. The Bertz CT molecular complexity index is 2110. The molecule has 5 aliphatic carbocycles. The first-order chi connectivity index (χ1) is 33.6. The van der Waals surface area contributed by atoms with Crippen LogP contribution < -0.4 is 0 Å². The lowest BCUT2D eigenvalue weighted by Gasteiger charge is -2.72. The van der Waals surface area contributed by atoms with Crippen molar-refractivity contribution in [2.24, 2.45) is 56.2 Å². The van der Waals surface area contributed by atoms with E-state index >= 15 is 0 Å². The summed E-state index contributed by atoms with van der Waals surface area (Å²) in [4.78, 5) is 53.5. The lowest BCUT2D eigenvalue weighted by Crippen LogP contribution is -2.73. The van der Waals surface area contributed by atoms with E-state index in [2.05, 4.69) is 26.8 Å². The molecule has 0 amide bonds. The Labute approximate surface area is 422 Å². The van der Waals surface area contributed by atoms with Gasteiger partial charge in [0.05, 0.1) is 37.3 Å². The van der Waals surface area contributed by atoms with Crippen LogP contribution in [0.1, 0.15) is 128 Å². The Hall–Kier alpha value is -3.08. The molecular weight excluding hydrogens is 941 g/mol. The summed E-state index contributed by atoms with van der Waals surface area (Å²) < 4.78 is 42.7. The molecule has 2 heterocycles. The van der Waals surface area contributed by atoms with Gasteiger partial charge in [-0.15, -0.1) is 0 Å². The van der Waals surface area contributed by atoms with Gasteiger partial charge in [0.25, 0.3) is 0 Å². The zero-order chi connectivity index (χ0) is 53.4. The number of aliphatic carboxylic acids is 1. The van der Waals surface area contributed by atoms with Gasteiger partial charge in [-0.3, -0.25) is 9.59 Å². The van der Waals surface area contributed by atoms with Crippen LogP contribution in [0.2, 0.25) is 0 Å². The number of carbonyl (C=O) groups excluding carboxylic acids is 3. The molecule has 0 aromatic rings. The number of esters is 3. The van der Waals surface area contributed by atoms with Gasteiger partial charge in [-0.25, -0.2) is 9.59 Å². The Morgan fingerprint density at radius 3 is 2.08 bits per heavy atom. The van der Waals surface area contributed by atoms with E-state index in [-0.39, 0.29) is 24.9 Å². The van der Waals surface area contributed by atoms with E-state index in [4.69, 9.17) is 33.2 Å². The topological polar surface area (TPSA) is 295 Å². The van der Waals surface area contributed by atoms with Crippen LogP contribution >= 0.6 is 0 Å². The summed E-state index contributed by atoms with van der Waals surface area (Å²) in [5.41, 5.74) is -3.36. The van der Waals surface area contributed by atoms with Crippen LogP contribution in [0.15, 0.2) is 23.3 Å². The molecule has 0 unspecified atom stereocenters. The van der Waals surface area contributed by atoms with Gasteiger partial charge in [0, 0.05) is 23.3 Å². The number of hydrogen-bond donors (Lipinski definition) is 8. The third kappa shape index (κ3) is 8.98. The Kier molecular flexibility index (Phi) is 16.1. The fourth-order valence-corrected chi connectivity index (χ4v) is 15.0. The minimum absolute atomic E-state index is 0.0197. The quantitative estimate of drug-likeness (QED) is 0.0432. The van der Waals surface area contributed by atoms with E-state index in [1.165, 1.54) is 6.92 Å². The van der Waals surface area contributed by atoms with Crippen molar-refractivity contribution in [3.05, 3.63) is 23.3 Å². The number of carboxylic acid groups (broad SMARTS) is 1. The lowest BCUT2D eigenvalue weighted by molar-refractivity contribution is -0.358. The molecule has 0 spiro atoms. The van der Waals surface area contributed by atoms with E-state index in [0.717, 1.165) is 5.57 Å². The van der Waals surface area contributed by atoms with Gasteiger partial charge in [0.15, 0.2) is 24.8 Å². The fourth-order valence-electron chi connectivity index (χ4n) is 15.0. The number of rotatable bonds is 13. The number of allylic oxidation sites excluding steroid dienone is 3. The zero-order valence-electron chi connectivity index (χ0n) is 43.8. The van der Waals surface area contributed by atoms with E-state index in [1.54, 1.807) is 26.8 Å². The van der Waals surface area contributed by atoms with Crippen molar-refractivity contribution in [1.82, 2.24) is 0 Å².